The molecule has 116 valence electrons. The minimum atomic E-state index is -0.342. The topological polar surface area (TPSA) is 84.1 Å². The highest BCUT2D eigenvalue weighted by Gasteiger charge is 2.29. The molecule has 0 spiro atoms. The maximum Gasteiger partial charge on any atom is 0.236 e. The lowest BCUT2D eigenvalue weighted by Gasteiger charge is -2.24. The van der Waals surface area contributed by atoms with Crippen LogP contribution in [0.15, 0.2) is 0 Å². The van der Waals surface area contributed by atoms with Gasteiger partial charge in [0.25, 0.3) is 0 Å². The van der Waals surface area contributed by atoms with Crippen LogP contribution in [0.2, 0.25) is 0 Å². The fourth-order valence-corrected chi connectivity index (χ4v) is 2.29. The molecule has 2 rings (SSSR count). The molecule has 1 fully saturated rings. The number of nitrogens with one attached hydrogen (secondary N) is 1. The first kappa shape index (κ1) is 15.5. The first-order valence-corrected chi connectivity index (χ1v) is 7.72. The molecule has 0 atom stereocenters. The quantitative estimate of drug-likeness (QED) is 0.763. The lowest BCUT2D eigenvalue weighted by atomic mass is 10.2. The van der Waals surface area contributed by atoms with E-state index >= 15 is 0 Å². The van der Waals surface area contributed by atoms with Gasteiger partial charge in [0.2, 0.25) is 5.91 Å². The van der Waals surface area contributed by atoms with E-state index in [-0.39, 0.29) is 12.5 Å². The number of carbonyl (C=O) groups excluding carboxylic acids is 1. The van der Waals surface area contributed by atoms with Crippen molar-refractivity contribution in [2.75, 3.05) is 29.9 Å². The molecule has 0 radical (unpaired) electrons. The van der Waals surface area contributed by atoms with Gasteiger partial charge in [0, 0.05) is 24.6 Å². The second-order valence-corrected chi connectivity index (χ2v) is 5.56. The van der Waals surface area contributed by atoms with Gasteiger partial charge in [-0.3, -0.25) is 4.79 Å². The van der Waals surface area contributed by atoms with Gasteiger partial charge in [-0.25, -0.2) is 9.97 Å². The molecule has 1 aromatic heterocycles. The van der Waals surface area contributed by atoms with Crippen molar-refractivity contribution >= 4 is 17.5 Å². The molecule has 21 heavy (non-hydrogen) atoms. The lowest BCUT2D eigenvalue weighted by Crippen LogP contribution is -2.35. The Hall–Kier alpha value is -1.85. The third-order valence-electron chi connectivity index (χ3n) is 3.65. The Bertz CT molecular complexity index is 513. The third kappa shape index (κ3) is 3.83. The van der Waals surface area contributed by atoms with Crippen molar-refractivity contribution < 1.29 is 4.79 Å². The summed E-state index contributed by atoms with van der Waals surface area (Å²) in [5.74, 6) is 2.72. The van der Waals surface area contributed by atoms with E-state index in [0.717, 1.165) is 48.8 Å². The van der Waals surface area contributed by atoms with Crippen molar-refractivity contribution in [3.8, 4) is 0 Å². The van der Waals surface area contributed by atoms with Crippen molar-refractivity contribution in [1.82, 2.24) is 9.97 Å². The minimum Gasteiger partial charge on any atom is -0.370 e. The lowest BCUT2D eigenvalue weighted by molar-refractivity contribution is -0.116. The Morgan fingerprint density at radius 2 is 2.10 bits per heavy atom. The molecule has 6 heteroatoms. The molecular formula is C15H25N5O. The Labute approximate surface area is 126 Å². The normalized spacial score (nSPS) is 14.0. The third-order valence-corrected chi connectivity index (χ3v) is 3.65. The van der Waals surface area contributed by atoms with Crippen LogP contribution in [0.4, 0.5) is 11.6 Å². The van der Waals surface area contributed by atoms with Crippen molar-refractivity contribution in [2.45, 2.75) is 46.0 Å². The van der Waals surface area contributed by atoms with Crippen LogP contribution < -0.4 is 16.0 Å². The van der Waals surface area contributed by atoms with Crippen LogP contribution >= 0.6 is 0 Å². The molecule has 1 heterocycles. The van der Waals surface area contributed by atoms with Crippen LogP contribution in [-0.4, -0.2) is 35.5 Å². The second kappa shape index (κ2) is 6.74. The zero-order valence-corrected chi connectivity index (χ0v) is 13.1. The minimum absolute atomic E-state index is 0.186. The molecule has 1 aliphatic carbocycles. The van der Waals surface area contributed by atoms with Gasteiger partial charge in [0.05, 0.1) is 6.54 Å². The Morgan fingerprint density at radius 1 is 1.38 bits per heavy atom. The Balaban J connectivity index is 2.36. The molecule has 1 saturated carbocycles. The van der Waals surface area contributed by atoms with E-state index < -0.39 is 0 Å². The molecule has 0 aliphatic heterocycles. The van der Waals surface area contributed by atoms with E-state index in [1.807, 2.05) is 18.7 Å². The van der Waals surface area contributed by atoms with Gasteiger partial charge in [-0.2, -0.15) is 0 Å². The predicted octanol–water partition coefficient (Wildman–Crippen LogP) is 1.80. The number of primary amides is 1. The number of hydrogen-bond donors (Lipinski definition) is 2. The zero-order chi connectivity index (χ0) is 15.4. The van der Waals surface area contributed by atoms with Gasteiger partial charge in [-0.1, -0.05) is 6.92 Å². The first-order valence-electron chi connectivity index (χ1n) is 7.72. The van der Waals surface area contributed by atoms with Crippen LogP contribution in [0.1, 0.15) is 50.4 Å². The molecule has 0 bridgehead atoms. The first-order chi connectivity index (χ1) is 10.1. The number of amides is 1. The average Bonchev–Trinajstić information content (AvgIpc) is 3.28. The summed E-state index contributed by atoms with van der Waals surface area (Å²) in [7, 11) is 0. The largest absolute Gasteiger partial charge is 0.370 e. The number of aromatic nitrogens is 2. The summed E-state index contributed by atoms with van der Waals surface area (Å²) in [6, 6.07) is 0. The summed E-state index contributed by atoms with van der Waals surface area (Å²) in [5.41, 5.74) is 6.33. The number of likely N-dealkylation sites (N-methyl/N-ethyl adjacent to an activating group) is 1. The van der Waals surface area contributed by atoms with E-state index in [1.54, 1.807) is 0 Å². The zero-order valence-electron chi connectivity index (χ0n) is 13.1. The number of nitrogens with two attached hydrogens (primary N) is 1. The highest BCUT2D eigenvalue weighted by Crippen LogP contribution is 2.40. The molecule has 0 unspecified atom stereocenters. The van der Waals surface area contributed by atoms with E-state index in [4.69, 9.17) is 10.7 Å². The smallest absolute Gasteiger partial charge is 0.236 e. The van der Waals surface area contributed by atoms with Gasteiger partial charge in [0.15, 0.2) is 0 Å². The van der Waals surface area contributed by atoms with E-state index in [1.165, 1.54) is 0 Å². The molecule has 1 aromatic rings. The highest BCUT2D eigenvalue weighted by atomic mass is 16.1. The van der Waals surface area contributed by atoms with Gasteiger partial charge in [0.1, 0.15) is 17.5 Å². The van der Waals surface area contributed by atoms with Crippen molar-refractivity contribution in [1.29, 1.82) is 0 Å². The standard InChI is InChI=1S/C15H25N5O/c1-4-8-17-13-10(3)15(20(5-2)9-12(16)21)19-14(18-13)11-6-7-11/h11H,4-9H2,1-3H3,(H2,16,21)(H,17,18,19). The summed E-state index contributed by atoms with van der Waals surface area (Å²) < 4.78 is 0. The van der Waals surface area contributed by atoms with Crippen LogP contribution in [0.25, 0.3) is 0 Å². The fourth-order valence-electron chi connectivity index (χ4n) is 2.29. The second-order valence-electron chi connectivity index (χ2n) is 5.56. The number of hydrogen-bond acceptors (Lipinski definition) is 5. The summed E-state index contributed by atoms with van der Waals surface area (Å²) in [6.45, 7) is 7.87. The number of anilines is 2. The summed E-state index contributed by atoms with van der Waals surface area (Å²) in [5, 5.41) is 3.36. The van der Waals surface area contributed by atoms with Crippen LogP contribution in [0.5, 0.6) is 0 Å². The van der Waals surface area contributed by atoms with Crippen LogP contribution in [0.3, 0.4) is 0 Å². The van der Waals surface area contributed by atoms with Crippen LogP contribution in [0, 0.1) is 6.92 Å². The van der Waals surface area contributed by atoms with Gasteiger partial charge in [-0.15, -0.1) is 0 Å². The molecule has 3 N–H and O–H groups in total. The summed E-state index contributed by atoms with van der Waals surface area (Å²) in [6.07, 6.45) is 3.34. The maximum atomic E-state index is 11.3. The molecule has 0 saturated heterocycles. The van der Waals surface area contributed by atoms with Crippen molar-refractivity contribution in [2.24, 2.45) is 5.73 Å². The highest BCUT2D eigenvalue weighted by molar-refractivity contribution is 5.79. The summed E-state index contributed by atoms with van der Waals surface area (Å²) in [4.78, 5) is 22.5. The van der Waals surface area contributed by atoms with Gasteiger partial charge in [-0.05, 0) is 33.1 Å². The average molecular weight is 291 g/mol. The molecular weight excluding hydrogens is 266 g/mol. The fraction of sp³-hybridized carbons (Fsp3) is 0.667. The summed E-state index contributed by atoms with van der Waals surface area (Å²) >= 11 is 0. The molecule has 1 aliphatic rings. The van der Waals surface area contributed by atoms with Gasteiger partial charge >= 0.3 is 0 Å². The predicted molar refractivity (Wildman–Crippen MR) is 84.6 cm³/mol. The van der Waals surface area contributed by atoms with Crippen LogP contribution in [-0.2, 0) is 4.79 Å². The molecule has 6 nitrogen and oxygen atoms in total. The maximum absolute atomic E-state index is 11.3. The monoisotopic (exact) mass is 291 g/mol. The van der Waals surface area contributed by atoms with Gasteiger partial charge < -0.3 is 16.0 Å². The number of carbonyl (C=O) groups is 1. The van der Waals surface area contributed by atoms with E-state index in [0.29, 0.717) is 12.5 Å². The number of rotatable bonds is 8. The van der Waals surface area contributed by atoms with Crippen molar-refractivity contribution in [3.05, 3.63) is 11.4 Å². The van der Waals surface area contributed by atoms with Crippen molar-refractivity contribution in [3.63, 3.8) is 0 Å². The van der Waals surface area contributed by atoms with E-state index in [2.05, 4.69) is 17.2 Å². The van der Waals surface area contributed by atoms with E-state index in [9.17, 15) is 4.79 Å². The SMILES string of the molecule is CCCNc1nc(C2CC2)nc(N(CC)CC(N)=O)c1C. The molecule has 0 aromatic carbocycles. The Morgan fingerprint density at radius 3 is 2.62 bits per heavy atom. The number of nitrogens with zero attached hydrogens (tertiary/aromatic N) is 3. The molecule has 1 amide bonds. The Kier molecular flexibility index (Phi) is 4.98.